The van der Waals surface area contributed by atoms with E-state index in [9.17, 15) is 9.59 Å². The number of hydrogen-bond acceptors (Lipinski definition) is 7. The van der Waals surface area contributed by atoms with Gasteiger partial charge in [-0.15, -0.1) is 21.5 Å². The Kier molecular flexibility index (Phi) is 5.42. The molecular weight excluding hydrogens is 420 g/mol. The van der Waals surface area contributed by atoms with Crippen LogP contribution in [0.4, 0.5) is 10.5 Å². The minimum absolute atomic E-state index is 0.102. The molecule has 0 atom stereocenters. The number of benzene rings is 1. The number of carbonyl (C=O) groups is 2. The maximum atomic E-state index is 13.0. The van der Waals surface area contributed by atoms with Crippen LogP contribution in [-0.4, -0.2) is 37.1 Å². The molecule has 0 spiro atoms. The number of anilines is 1. The van der Waals surface area contributed by atoms with Gasteiger partial charge in [-0.3, -0.25) is 4.79 Å². The molecule has 1 aromatic carbocycles. The van der Waals surface area contributed by atoms with Gasteiger partial charge in [0.25, 0.3) is 0 Å². The molecule has 1 aliphatic carbocycles. The molecule has 1 aliphatic rings. The topological polar surface area (TPSA) is 86.1 Å². The van der Waals surface area contributed by atoms with Gasteiger partial charge in [0, 0.05) is 5.69 Å². The van der Waals surface area contributed by atoms with Crippen LogP contribution in [0, 0.1) is 0 Å². The van der Waals surface area contributed by atoms with Crippen molar-refractivity contribution in [1.29, 1.82) is 0 Å². The zero-order valence-corrected chi connectivity index (χ0v) is 18.5. The van der Waals surface area contributed by atoms with E-state index in [1.165, 1.54) is 27.7 Å². The molecule has 1 saturated carbocycles. The lowest BCUT2D eigenvalue weighted by Gasteiger charge is -2.21. The predicted octanol–water partition coefficient (Wildman–Crippen LogP) is 5.05. The SMILES string of the molecule is CC(C)(C)OC(=O)n1c(SC2(C(=O)Nc3ccccc3)CC2)nnc1-c1cccs1. The quantitative estimate of drug-likeness (QED) is 0.595. The average Bonchev–Trinajstić information content (AvgIpc) is 3.09. The van der Waals surface area contributed by atoms with Crippen molar-refractivity contribution in [2.75, 3.05) is 5.32 Å². The number of ether oxygens (including phenoxy) is 1. The van der Waals surface area contributed by atoms with Crippen LogP contribution in [-0.2, 0) is 9.53 Å². The van der Waals surface area contributed by atoms with Crippen LogP contribution in [0.25, 0.3) is 10.7 Å². The van der Waals surface area contributed by atoms with Crippen LogP contribution in [0.2, 0.25) is 0 Å². The summed E-state index contributed by atoms with van der Waals surface area (Å²) in [5, 5.41) is 13.7. The van der Waals surface area contributed by atoms with Gasteiger partial charge >= 0.3 is 6.09 Å². The standard InChI is InChI=1S/C21H22N4O3S2/c1-20(2,3)28-19(27)25-16(15-10-7-13-29-15)23-24-18(25)30-21(11-12-21)17(26)22-14-8-5-4-6-9-14/h4-10,13H,11-12H2,1-3H3,(H,22,26). The van der Waals surface area contributed by atoms with Gasteiger partial charge in [0.1, 0.15) is 10.3 Å². The summed E-state index contributed by atoms with van der Waals surface area (Å²) in [7, 11) is 0. The van der Waals surface area contributed by atoms with Crippen molar-refractivity contribution in [1.82, 2.24) is 14.8 Å². The van der Waals surface area contributed by atoms with Crippen molar-refractivity contribution in [3.8, 4) is 10.7 Å². The lowest BCUT2D eigenvalue weighted by atomic mass is 10.2. The molecule has 0 aliphatic heterocycles. The number of thiophene rings is 1. The van der Waals surface area contributed by atoms with Gasteiger partial charge in [-0.25, -0.2) is 9.36 Å². The lowest BCUT2D eigenvalue weighted by Crippen LogP contribution is -2.30. The van der Waals surface area contributed by atoms with Crippen molar-refractivity contribution in [2.45, 2.75) is 49.1 Å². The summed E-state index contributed by atoms with van der Waals surface area (Å²) in [6.07, 6.45) is 0.843. The van der Waals surface area contributed by atoms with Gasteiger partial charge in [0.15, 0.2) is 5.82 Å². The molecular formula is C21H22N4O3S2. The van der Waals surface area contributed by atoms with Crippen LogP contribution in [0.15, 0.2) is 53.0 Å². The van der Waals surface area contributed by atoms with Crippen molar-refractivity contribution in [3.63, 3.8) is 0 Å². The fraction of sp³-hybridized carbons (Fsp3) is 0.333. The van der Waals surface area contributed by atoms with Gasteiger partial charge in [-0.05, 0) is 57.2 Å². The molecule has 1 amide bonds. The molecule has 7 nitrogen and oxygen atoms in total. The number of thioether (sulfide) groups is 1. The molecule has 30 heavy (non-hydrogen) atoms. The molecule has 1 fully saturated rings. The largest absolute Gasteiger partial charge is 0.443 e. The Labute approximate surface area is 182 Å². The Morgan fingerprint density at radius 3 is 2.47 bits per heavy atom. The second kappa shape index (κ2) is 7.88. The summed E-state index contributed by atoms with van der Waals surface area (Å²) >= 11 is 2.73. The highest BCUT2D eigenvalue weighted by Gasteiger charge is 2.52. The number of nitrogens with zero attached hydrogens (tertiary/aromatic N) is 3. The number of hydrogen-bond donors (Lipinski definition) is 1. The number of amides is 1. The minimum atomic E-state index is -0.671. The summed E-state index contributed by atoms with van der Waals surface area (Å²) in [4.78, 5) is 26.7. The monoisotopic (exact) mass is 442 g/mol. The molecule has 0 unspecified atom stereocenters. The molecule has 1 N–H and O–H groups in total. The van der Waals surface area contributed by atoms with E-state index < -0.39 is 16.4 Å². The van der Waals surface area contributed by atoms with Crippen LogP contribution in [0.1, 0.15) is 33.6 Å². The van der Waals surface area contributed by atoms with E-state index >= 15 is 0 Å². The fourth-order valence-corrected chi connectivity index (χ4v) is 4.64. The van der Waals surface area contributed by atoms with E-state index in [4.69, 9.17) is 4.74 Å². The number of para-hydroxylation sites is 1. The molecule has 2 heterocycles. The highest BCUT2D eigenvalue weighted by atomic mass is 32.2. The summed E-state index contributed by atoms with van der Waals surface area (Å²) in [6, 6.07) is 13.1. The number of nitrogens with one attached hydrogen (secondary N) is 1. The van der Waals surface area contributed by atoms with Gasteiger partial charge in [-0.2, -0.15) is 0 Å². The molecule has 0 radical (unpaired) electrons. The van der Waals surface area contributed by atoms with E-state index in [0.29, 0.717) is 23.8 Å². The lowest BCUT2D eigenvalue weighted by molar-refractivity contribution is -0.116. The summed E-state index contributed by atoms with van der Waals surface area (Å²) in [6.45, 7) is 5.42. The molecule has 156 valence electrons. The van der Waals surface area contributed by atoms with Crippen LogP contribution in [0.5, 0.6) is 0 Å². The average molecular weight is 443 g/mol. The molecule has 9 heteroatoms. The van der Waals surface area contributed by atoms with Gasteiger partial charge in [0.05, 0.1) is 4.88 Å². The van der Waals surface area contributed by atoms with Crippen molar-refractivity contribution < 1.29 is 14.3 Å². The molecule has 3 aromatic rings. The number of carbonyl (C=O) groups excluding carboxylic acids is 2. The van der Waals surface area contributed by atoms with Gasteiger partial charge in [0.2, 0.25) is 11.1 Å². The zero-order valence-electron chi connectivity index (χ0n) is 16.9. The van der Waals surface area contributed by atoms with E-state index in [1.807, 2.05) is 68.6 Å². The van der Waals surface area contributed by atoms with Crippen LogP contribution >= 0.6 is 23.1 Å². The highest BCUT2D eigenvalue weighted by Crippen LogP contribution is 2.52. The zero-order chi connectivity index (χ0) is 21.4. The summed E-state index contributed by atoms with van der Waals surface area (Å²) in [5.41, 5.74) is 0.0695. The Balaban J connectivity index is 1.62. The molecule has 2 aromatic heterocycles. The summed E-state index contributed by atoms with van der Waals surface area (Å²) in [5.74, 6) is 0.316. The number of rotatable bonds is 5. The Bertz CT molecular complexity index is 1050. The number of aromatic nitrogens is 3. The Hall–Kier alpha value is -2.65. The van der Waals surface area contributed by atoms with Gasteiger partial charge < -0.3 is 10.1 Å². The van der Waals surface area contributed by atoms with Crippen LogP contribution < -0.4 is 5.32 Å². The maximum Gasteiger partial charge on any atom is 0.422 e. The first-order valence-corrected chi connectivity index (χ1v) is 11.3. The third kappa shape index (κ3) is 4.41. The van der Waals surface area contributed by atoms with Crippen molar-refractivity contribution in [3.05, 3.63) is 47.8 Å². The third-order valence-corrected chi connectivity index (χ3v) is 6.68. The first-order valence-electron chi connectivity index (χ1n) is 9.56. The molecule has 0 bridgehead atoms. The van der Waals surface area contributed by atoms with Crippen molar-refractivity contribution >= 4 is 40.8 Å². The first kappa shape index (κ1) is 20.6. The van der Waals surface area contributed by atoms with E-state index in [0.717, 1.165) is 10.6 Å². The van der Waals surface area contributed by atoms with Crippen LogP contribution in [0.3, 0.4) is 0 Å². The highest BCUT2D eigenvalue weighted by molar-refractivity contribution is 8.01. The smallest absolute Gasteiger partial charge is 0.422 e. The predicted molar refractivity (Wildman–Crippen MR) is 118 cm³/mol. The van der Waals surface area contributed by atoms with E-state index in [2.05, 4.69) is 15.5 Å². The molecule has 0 saturated heterocycles. The second-order valence-electron chi connectivity index (χ2n) is 8.02. The minimum Gasteiger partial charge on any atom is -0.443 e. The Morgan fingerprint density at radius 2 is 1.87 bits per heavy atom. The van der Waals surface area contributed by atoms with Gasteiger partial charge in [-0.1, -0.05) is 36.0 Å². The van der Waals surface area contributed by atoms with Crippen molar-refractivity contribution in [2.24, 2.45) is 0 Å². The summed E-state index contributed by atoms with van der Waals surface area (Å²) < 4.78 is 6.29. The Morgan fingerprint density at radius 1 is 1.13 bits per heavy atom. The van der Waals surface area contributed by atoms with E-state index in [-0.39, 0.29) is 5.91 Å². The molecule has 4 rings (SSSR count). The first-order chi connectivity index (χ1) is 14.3. The maximum absolute atomic E-state index is 13.0. The second-order valence-corrected chi connectivity index (χ2v) is 10.3. The third-order valence-electron chi connectivity index (χ3n) is 4.39. The normalized spacial score (nSPS) is 14.9. The van der Waals surface area contributed by atoms with E-state index in [1.54, 1.807) is 0 Å². The fourth-order valence-electron chi connectivity index (χ4n) is 2.80.